The quantitative estimate of drug-likeness (QED) is 0.754. The fourth-order valence-electron chi connectivity index (χ4n) is 2.56. The third-order valence-electron chi connectivity index (χ3n) is 3.94. The van der Waals surface area contributed by atoms with E-state index in [-0.39, 0.29) is 24.0 Å². The van der Waals surface area contributed by atoms with Crippen LogP contribution in [0.4, 0.5) is 0 Å². The van der Waals surface area contributed by atoms with E-state index in [2.05, 4.69) is 11.9 Å². The van der Waals surface area contributed by atoms with Crippen molar-refractivity contribution in [2.45, 2.75) is 42.4 Å². The Morgan fingerprint density at radius 1 is 1.32 bits per heavy atom. The summed E-state index contributed by atoms with van der Waals surface area (Å²) in [6.07, 6.45) is 8.62. The van der Waals surface area contributed by atoms with E-state index in [1.165, 1.54) is 0 Å². The van der Waals surface area contributed by atoms with Crippen LogP contribution in [0.2, 0.25) is 0 Å². The van der Waals surface area contributed by atoms with Crippen LogP contribution in [0.5, 0.6) is 0 Å². The van der Waals surface area contributed by atoms with Crippen molar-refractivity contribution in [3.05, 3.63) is 48.2 Å². The first-order chi connectivity index (χ1) is 12.0. The van der Waals surface area contributed by atoms with Crippen molar-refractivity contribution in [3.8, 4) is 0 Å². The summed E-state index contributed by atoms with van der Waals surface area (Å²) in [7, 11) is 0. The minimum absolute atomic E-state index is 0.0257. The summed E-state index contributed by atoms with van der Waals surface area (Å²) in [4.78, 5) is 44.1. The van der Waals surface area contributed by atoms with Gasteiger partial charge in [-0.15, -0.1) is 5.06 Å². The number of aromatic nitrogens is 1. The molecule has 1 fully saturated rings. The highest BCUT2D eigenvalue weighted by atomic mass is 32.2. The molecule has 1 saturated heterocycles. The zero-order valence-electron chi connectivity index (χ0n) is 13.8. The van der Waals surface area contributed by atoms with Crippen molar-refractivity contribution >= 4 is 29.5 Å². The van der Waals surface area contributed by atoms with Gasteiger partial charge in [-0.2, -0.15) is 0 Å². The van der Waals surface area contributed by atoms with E-state index in [0.717, 1.165) is 17.0 Å². The van der Waals surface area contributed by atoms with Gasteiger partial charge in [0.2, 0.25) is 0 Å². The molecule has 2 heterocycles. The smallest absolute Gasteiger partial charge is 0.330 e. The lowest BCUT2D eigenvalue weighted by atomic mass is 9.96. The molecule has 1 aromatic rings. The number of pyridine rings is 1. The number of hydrogen-bond acceptors (Lipinski definition) is 6. The Bertz CT molecular complexity index is 744. The monoisotopic (exact) mass is 358 g/mol. The Morgan fingerprint density at radius 2 is 2.08 bits per heavy atom. The second-order valence-electron chi connectivity index (χ2n) is 6.12. The van der Waals surface area contributed by atoms with Gasteiger partial charge in [0, 0.05) is 23.8 Å². The second-order valence-corrected chi connectivity index (χ2v) is 7.68. The van der Waals surface area contributed by atoms with Crippen LogP contribution in [-0.4, -0.2) is 32.6 Å². The molecule has 130 valence electrons. The van der Waals surface area contributed by atoms with E-state index in [0.29, 0.717) is 5.06 Å². The highest BCUT2D eigenvalue weighted by molar-refractivity contribution is 8.00. The maximum Gasteiger partial charge on any atom is 0.337 e. The van der Waals surface area contributed by atoms with Crippen molar-refractivity contribution in [2.75, 3.05) is 0 Å². The number of rotatable bonds is 5. The van der Waals surface area contributed by atoms with Crippen LogP contribution in [0.3, 0.4) is 0 Å². The molecule has 0 radical (unpaired) electrons. The Labute approximate surface area is 149 Å². The maximum absolute atomic E-state index is 12.0. The molecule has 0 N–H and O–H groups in total. The van der Waals surface area contributed by atoms with Crippen molar-refractivity contribution in [1.29, 1.82) is 0 Å². The molecule has 7 heteroatoms. The van der Waals surface area contributed by atoms with Gasteiger partial charge in [-0.1, -0.05) is 36.1 Å². The van der Waals surface area contributed by atoms with Crippen molar-refractivity contribution in [1.82, 2.24) is 10.0 Å². The first kappa shape index (κ1) is 17.4. The van der Waals surface area contributed by atoms with E-state index in [1.807, 2.05) is 36.4 Å². The van der Waals surface area contributed by atoms with Gasteiger partial charge in [0.05, 0.1) is 11.4 Å². The molecule has 1 unspecified atom stereocenters. The number of carbonyl (C=O) groups excluding carboxylic acids is 3. The summed E-state index contributed by atoms with van der Waals surface area (Å²) < 4.78 is -0.136. The lowest BCUT2D eigenvalue weighted by Crippen LogP contribution is -2.32. The van der Waals surface area contributed by atoms with Gasteiger partial charge in [-0.3, -0.25) is 9.59 Å². The lowest BCUT2D eigenvalue weighted by Gasteiger charge is -2.26. The summed E-state index contributed by atoms with van der Waals surface area (Å²) in [5.74, 6) is -1.54. The van der Waals surface area contributed by atoms with E-state index in [9.17, 15) is 14.4 Å². The second kappa shape index (κ2) is 7.23. The van der Waals surface area contributed by atoms with Gasteiger partial charge in [0.1, 0.15) is 0 Å². The summed E-state index contributed by atoms with van der Waals surface area (Å²) in [6, 6.07) is 5.79. The number of hydrogen-bond donors (Lipinski definition) is 0. The predicted molar refractivity (Wildman–Crippen MR) is 92.1 cm³/mol. The average Bonchev–Trinajstić information content (AvgIpc) is 2.90. The topological polar surface area (TPSA) is 76.6 Å². The van der Waals surface area contributed by atoms with Gasteiger partial charge in [-0.05, 0) is 31.1 Å². The molecule has 1 aromatic heterocycles. The molecule has 0 spiro atoms. The van der Waals surface area contributed by atoms with E-state index in [1.54, 1.807) is 18.0 Å². The van der Waals surface area contributed by atoms with Crippen LogP contribution >= 0.6 is 11.8 Å². The molecule has 0 bridgehead atoms. The van der Waals surface area contributed by atoms with Gasteiger partial charge >= 0.3 is 5.97 Å². The molecule has 1 aliphatic heterocycles. The number of thioether (sulfide) groups is 1. The van der Waals surface area contributed by atoms with Crippen molar-refractivity contribution < 1.29 is 19.2 Å². The molecule has 6 nitrogen and oxygen atoms in total. The fourth-order valence-corrected chi connectivity index (χ4v) is 3.61. The molecule has 3 rings (SSSR count). The summed E-state index contributed by atoms with van der Waals surface area (Å²) in [5, 5.41) is 1.52. The largest absolute Gasteiger partial charge is 0.337 e. The van der Waals surface area contributed by atoms with Crippen LogP contribution < -0.4 is 0 Å². The highest BCUT2D eigenvalue weighted by Gasteiger charge is 2.33. The molecule has 1 atom stereocenters. The average molecular weight is 358 g/mol. The standard InChI is InChI=1S/C18H18N2O4S/c1-18(25-14-4-2-3-11-19-14)9-7-13(8-10-18)12-17(23)24-20-15(21)5-6-16(20)22/h2-4,7-9,11H,5-6,10,12H2,1H3. The van der Waals surface area contributed by atoms with Gasteiger partial charge in [0.15, 0.2) is 0 Å². The van der Waals surface area contributed by atoms with Crippen LogP contribution in [-0.2, 0) is 19.2 Å². The molecule has 2 aliphatic rings. The number of carbonyl (C=O) groups is 3. The SMILES string of the molecule is CC1(Sc2ccccn2)C=CC(CC(=O)ON2C(=O)CCC2=O)=CC1. The number of hydroxylamine groups is 2. The Balaban J connectivity index is 1.54. The Hall–Kier alpha value is -2.41. The van der Waals surface area contributed by atoms with Crippen molar-refractivity contribution in [2.24, 2.45) is 0 Å². The molecule has 2 amide bonds. The Morgan fingerprint density at radius 3 is 2.68 bits per heavy atom. The molecule has 0 saturated carbocycles. The zero-order valence-corrected chi connectivity index (χ0v) is 14.6. The summed E-state index contributed by atoms with van der Waals surface area (Å²) in [6.45, 7) is 2.11. The van der Waals surface area contributed by atoms with E-state index >= 15 is 0 Å². The molecule has 0 aromatic carbocycles. The molecular weight excluding hydrogens is 340 g/mol. The minimum atomic E-state index is -0.611. The lowest BCUT2D eigenvalue weighted by molar-refractivity contribution is -0.196. The molecule has 1 aliphatic carbocycles. The van der Waals surface area contributed by atoms with Gasteiger partial charge < -0.3 is 4.84 Å². The normalized spacial score (nSPS) is 22.9. The van der Waals surface area contributed by atoms with Crippen LogP contribution in [0.1, 0.15) is 32.6 Å². The number of amides is 2. The van der Waals surface area contributed by atoms with E-state index < -0.39 is 17.8 Å². The maximum atomic E-state index is 12.0. The summed E-state index contributed by atoms with van der Waals surface area (Å²) >= 11 is 1.66. The summed E-state index contributed by atoms with van der Waals surface area (Å²) in [5.41, 5.74) is 0.809. The molecule has 25 heavy (non-hydrogen) atoms. The number of nitrogens with zero attached hydrogens (tertiary/aromatic N) is 2. The fraction of sp³-hybridized carbons (Fsp3) is 0.333. The van der Waals surface area contributed by atoms with Crippen LogP contribution in [0.25, 0.3) is 0 Å². The van der Waals surface area contributed by atoms with E-state index in [4.69, 9.17) is 4.84 Å². The Kier molecular flexibility index (Phi) is 5.03. The van der Waals surface area contributed by atoms with Gasteiger partial charge in [-0.25, -0.2) is 9.78 Å². The first-order valence-corrected chi connectivity index (χ1v) is 8.82. The first-order valence-electron chi connectivity index (χ1n) is 8.00. The number of allylic oxidation sites excluding steroid dienone is 2. The van der Waals surface area contributed by atoms with Crippen molar-refractivity contribution in [3.63, 3.8) is 0 Å². The van der Waals surface area contributed by atoms with Crippen LogP contribution in [0, 0.1) is 0 Å². The zero-order chi connectivity index (χ0) is 17.9. The minimum Gasteiger partial charge on any atom is -0.330 e. The third-order valence-corrected chi connectivity index (χ3v) is 5.16. The predicted octanol–water partition coefficient (Wildman–Crippen LogP) is 2.82. The third kappa shape index (κ3) is 4.36. The van der Waals surface area contributed by atoms with Crippen LogP contribution in [0.15, 0.2) is 53.2 Å². The highest BCUT2D eigenvalue weighted by Crippen LogP contribution is 2.38. The number of imide groups is 1. The molecular formula is C18H18N2O4S. The van der Waals surface area contributed by atoms with Gasteiger partial charge in [0.25, 0.3) is 11.8 Å².